The zero-order valence-electron chi connectivity index (χ0n) is 12.0. The highest BCUT2D eigenvalue weighted by molar-refractivity contribution is 5.74. The van der Waals surface area contributed by atoms with Gasteiger partial charge < -0.3 is 9.80 Å². The number of urea groups is 1. The van der Waals surface area contributed by atoms with E-state index in [2.05, 4.69) is 13.8 Å². The summed E-state index contributed by atoms with van der Waals surface area (Å²) in [6.45, 7) is 12.4. The molecule has 0 saturated carbocycles. The highest BCUT2D eigenvalue weighted by Gasteiger charge is 2.30. The van der Waals surface area contributed by atoms with Crippen molar-refractivity contribution in [2.45, 2.75) is 53.4 Å². The van der Waals surface area contributed by atoms with Gasteiger partial charge in [0, 0.05) is 26.2 Å². The molecule has 17 heavy (non-hydrogen) atoms. The van der Waals surface area contributed by atoms with Crippen LogP contribution in [0.3, 0.4) is 0 Å². The monoisotopic (exact) mass is 240 g/mol. The largest absolute Gasteiger partial charge is 0.325 e. The molecule has 0 aliphatic carbocycles. The van der Waals surface area contributed by atoms with E-state index in [4.69, 9.17) is 0 Å². The second-order valence-corrected chi connectivity index (χ2v) is 5.63. The number of hydrogen-bond acceptors (Lipinski definition) is 1. The fourth-order valence-electron chi connectivity index (χ4n) is 2.41. The number of carbonyl (C=O) groups excluding carboxylic acids is 1. The summed E-state index contributed by atoms with van der Waals surface area (Å²) in [5.74, 6) is 0. The molecule has 2 heterocycles. The first-order chi connectivity index (χ1) is 8.08. The Morgan fingerprint density at radius 2 is 1.29 bits per heavy atom. The summed E-state index contributed by atoms with van der Waals surface area (Å²) in [5.41, 5.74) is 0.432. The van der Waals surface area contributed by atoms with Crippen LogP contribution in [0.4, 0.5) is 4.79 Å². The van der Waals surface area contributed by atoms with Crippen LogP contribution in [0.15, 0.2) is 0 Å². The smallest absolute Gasteiger partial charge is 0.319 e. The van der Waals surface area contributed by atoms with Gasteiger partial charge in [-0.3, -0.25) is 0 Å². The number of amides is 2. The van der Waals surface area contributed by atoms with Crippen molar-refractivity contribution >= 4 is 6.03 Å². The first-order valence-corrected chi connectivity index (χ1v) is 7.12. The third kappa shape index (κ3) is 3.90. The van der Waals surface area contributed by atoms with Crippen LogP contribution in [0.1, 0.15) is 53.4 Å². The summed E-state index contributed by atoms with van der Waals surface area (Å²) in [4.78, 5) is 16.1. The minimum atomic E-state index is 0.281. The van der Waals surface area contributed by atoms with Crippen molar-refractivity contribution in [2.75, 3.05) is 26.2 Å². The Bertz CT molecular complexity index is 235. The average molecular weight is 240 g/mol. The third-order valence-electron chi connectivity index (χ3n) is 3.76. The summed E-state index contributed by atoms with van der Waals surface area (Å²) in [6, 6.07) is 0.281. The summed E-state index contributed by atoms with van der Waals surface area (Å²) >= 11 is 0. The minimum Gasteiger partial charge on any atom is -0.325 e. The molecule has 0 atom stereocenters. The van der Waals surface area contributed by atoms with Crippen molar-refractivity contribution in [1.82, 2.24) is 9.80 Å². The van der Waals surface area contributed by atoms with Crippen LogP contribution in [0.25, 0.3) is 0 Å². The van der Waals surface area contributed by atoms with Gasteiger partial charge in [0.15, 0.2) is 0 Å². The van der Waals surface area contributed by atoms with Gasteiger partial charge in [-0.05, 0) is 31.1 Å². The van der Waals surface area contributed by atoms with Crippen LogP contribution >= 0.6 is 0 Å². The van der Waals surface area contributed by atoms with E-state index in [1.807, 2.05) is 23.6 Å². The molecule has 0 radical (unpaired) electrons. The highest BCUT2D eigenvalue weighted by atomic mass is 16.2. The number of hydrogen-bond donors (Lipinski definition) is 0. The van der Waals surface area contributed by atoms with Crippen LogP contribution < -0.4 is 0 Å². The van der Waals surface area contributed by atoms with Gasteiger partial charge in [-0.1, -0.05) is 27.7 Å². The second-order valence-electron chi connectivity index (χ2n) is 5.63. The van der Waals surface area contributed by atoms with Crippen molar-refractivity contribution in [3.63, 3.8) is 0 Å². The molecule has 0 aromatic carbocycles. The molecule has 0 spiro atoms. The van der Waals surface area contributed by atoms with Crippen molar-refractivity contribution in [3.8, 4) is 0 Å². The lowest BCUT2D eigenvalue weighted by molar-refractivity contribution is 0.118. The van der Waals surface area contributed by atoms with Gasteiger partial charge in [0.2, 0.25) is 0 Å². The maximum Gasteiger partial charge on any atom is 0.319 e. The summed E-state index contributed by atoms with van der Waals surface area (Å²) < 4.78 is 0. The standard InChI is InChI=1S/C12H22N2O.C2H6/c1-12(2)5-9-14(10-6-12)11(15)13-7-3-4-8-13;1-2/h3-10H2,1-2H3;1-2H3. The Balaban J connectivity index is 0.000000686. The summed E-state index contributed by atoms with van der Waals surface area (Å²) in [5, 5.41) is 0. The van der Waals surface area contributed by atoms with Crippen LogP contribution in [-0.2, 0) is 0 Å². The van der Waals surface area contributed by atoms with Crippen molar-refractivity contribution in [3.05, 3.63) is 0 Å². The van der Waals surface area contributed by atoms with E-state index in [-0.39, 0.29) is 6.03 Å². The summed E-state index contributed by atoms with van der Waals surface area (Å²) in [6.07, 6.45) is 4.66. The molecular formula is C14H28N2O. The van der Waals surface area contributed by atoms with E-state index in [9.17, 15) is 4.79 Å². The van der Waals surface area contributed by atoms with Gasteiger partial charge >= 0.3 is 6.03 Å². The van der Waals surface area contributed by atoms with Crippen LogP contribution in [-0.4, -0.2) is 42.0 Å². The van der Waals surface area contributed by atoms with Gasteiger partial charge in [0.25, 0.3) is 0 Å². The minimum absolute atomic E-state index is 0.281. The molecule has 2 aliphatic heterocycles. The van der Waals surface area contributed by atoms with Gasteiger partial charge in [0.05, 0.1) is 0 Å². The number of piperidine rings is 1. The molecule has 0 aromatic heterocycles. The van der Waals surface area contributed by atoms with Crippen LogP contribution in [0, 0.1) is 5.41 Å². The molecule has 0 aromatic rings. The molecule has 0 unspecified atom stereocenters. The lowest BCUT2D eigenvalue weighted by Gasteiger charge is -2.38. The quantitative estimate of drug-likeness (QED) is 0.637. The van der Waals surface area contributed by atoms with Gasteiger partial charge in [0.1, 0.15) is 0 Å². The Morgan fingerprint density at radius 1 is 0.882 bits per heavy atom. The van der Waals surface area contributed by atoms with Crippen LogP contribution in [0.2, 0.25) is 0 Å². The molecule has 100 valence electrons. The Labute approximate surface area is 106 Å². The molecule has 3 heteroatoms. The van der Waals surface area contributed by atoms with Gasteiger partial charge in [-0.25, -0.2) is 4.79 Å². The SMILES string of the molecule is CC.CC1(C)CCN(C(=O)N2CCCC2)CC1. The molecule has 0 bridgehead atoms. The maximum absolute atomic E-state index is 12.1. The molecule has 0 N–H and O–H groups in total. The Kier molecular flexibility index (Phi) is 5.29. The molecule has 2 aliphatic rings. The van der Waals surface area contributed by atoms with Crippen molar-refractivity contribution < 1.29 is 4.79 Å². The predicted octanol–water partition coefficient (Wildman–Crippen LogP) is 3.35. The maximum atomic E-state index is 12.1. The zero-order valence-corrected chi connectivity index (χ0v) is 12.0. The molecule has 3 nitrogen and oxygen atoms in total. The fraction of sp³-hybridized carbons (Fsp3) is 0.929. The van der Waals surface area contributed by atoms with Crippen LogP contribution in [0.5, 0.6) is 0 Å². The first-order valence-electron chi connectivity index (χ1n) is 7.12. The van der Waals surface area contributed by atoms with Gasteiger partial charge in [-0.15, -0.1) is 0 Å². The normalized spacial score (nSPS) is 23.1. The lowest BCUT2D eigenvalue weighted by atomic mass is 9.83. The van der Waals surface area contributed by atoms with Gasteiger partial charge in [-0.2, -0.15) is 0 Å². The zero-order chi connectivity index (χ0) is 12.9. The average Bonchev–Trinajstić information content (AvgIpc) is 2.84. The van der Waals surface area contributed by atoms with E-state index in [1.54, 1.807) is 0 Å². The van der Waals surface area contributed by atoms with E-state index in [0.717, 1.165) is 39.0 Å². The van der Waals surface area contributed by atoms with E-state index in [0.29, 0.717) is 5.41 Å². The predicted molar refractivity (Wildman–Crippen MR) is 72.1 cm³/mol. The number of likely N-dealkylation sites (tertiary alicyclic amines) is 2. The van der Waals surface area contributed by atoms with E-state index < -0.39 is 0 Å². The topological polar surface area (TPSA) is 23.6 Å². The molecule has 2 fully saturated rings. The molecule has 2 saturated heterocycles. The lowest BCUT2D eigenvalue weighted by Crippen LogP contribution is -2.47. The fourth-order valence-corrected chi connectivity index (χ4v) is 2.41. The van der Waals surface area contributed by atoms with Crippen molar-refractivity contribution in [2.24, 2.45) is 5.41 Å². The first kappa shape index (κ1) is 14.3. The Morgan fingerprint density at radius 3 is 1.76 bits per heavy atom. The van der Waals surface area contributed by atoms with E-state index in [1.165, 1.54) is 12.8 Å². The second kappa shape index (κ2) is 6.27. The Hall–Kier alpha value is -0.730. The molecule has 2 rings (SSSR count). The summed E-state index contributed by atoms with van der Waals surface area (Å²) in [7, 11) is 0. The number of nitrogens with zero attached hydrogens (tertiary/aromatic N) is 2. The molecular weight excluding hydrogens is 212 g/mol. The third-order valence-corrected chi connectivity index (χ3v) is 3.76. The van der Waals surface area contributed by atoms with E-state index >= 15 is 0 Å². The highest BCUT2D eigenvalue weighted by Crippen LogP contribution is 2.30. The number of rotatable bonds is 0. The molecule has 2 amide bonds. The number of carbonyl (C=O) groups is 1. The van der Waals surface area contributed by atoms with Crippen molar-refractivity contribution in [1.29, 1.82) is 0 Å².